The number of hydrogen-bond donors (Lipinski definition) is 4. The van der Waals surface area contributed by atoms with Gasteiger partial charge in [0.05, 0.1) is 54.3 Å². The van der Waals surface area contributed by atoms with Gasteiger partial charge in [-0.2, -0.15) is 0 Å². The second-order valence-corrected chi connectivity index (χ2v) is 10.2. The number of carbonyl (C=O) groups is 2. The summed E-state index contributed by atoms with van der Waals surface area (Å²) < 4.78 is 26.0. The molecule has 200 valence electrons. The zero-order valence-electron chi connectivity index (χ0n) is 20.5. The van der Waals surface area contributed by atoms with Gasteiger partial charge in [0.15, 0.2) is 0 Å². The highest BCUT2D eigenvalue weighted by Crippen LogP contribution is 2.34. The van der Waals surface area contributed by atoms with Gasteiger partial charge in [0, 0.05) is 17.4 Å². The van der Waals surface area contributed by atoms with Gasteiger partial charge in [-0.05, 0) is 43.2 Å². The van der Waals surface area contributed by atoms with E-state index in [4.69, 9.17) is 9.47 Å². The van der Waals surface area contributed by atoms with Gasteiger partial charge in [0.1, 0.15) is 29.2 Å². The van der Waals surface area contributed by atoms with Gasteiger partial charge in [-0.25, -0.2) is 9.37 Å². The van der Waals surface area contributed by atoms with Crippen LogP contribution < -0.4 is 15.4 Å². The molecule has 0 unspecified atom stereocenters. The highest BCUT2D eigenvalue weighted by molar-refractivity contribution is 8.00. The van der Waals surface area contributed by atoms with Gasteiger partial charge in [-0.3, -0.25) is 14.6 Å². The second kappa shape index (κ2) is 11.2. The first kappa shape index (κ1) is 26.3. The van der Waals surface area contributed by atoms with Gasteiger partial charge < -0.3 is 30.3 Å². The molecule has 5 rings (SSSR count). The van der Waals surface area contributed by atoms with Crippen LogP contribution in [0.2, 0.25) is 0 Å². The first-order valence-corrected chi connectivity index (χ1v) is 13.2. The summed E-state index contributed by atoms with van der Waals surface area (Å²) in [4.78, 5) is 33.7. The van der Waals surface area contributed by atoms with Crippen LogP contribution in [0.3, 0.4) is 0 Å². The number of hydrogen-bond acceptors (Lipinski definition) is 9. The minimum Gasteiger partial charge on any atom is -0.497 e. The molecule has 2 aromatic heterocycles. The van der Waals surface area contributed by atoms with Crippen molar-refractivity contribution in [3.63, 3.8) is 0 Å². The van der Waals surface area contributed by atoms with E-state index in [2.05, 4.69) is 20.6 Å². The van der Waals surface area contributed by atoms with Crippen LogP contribution in [0, 0.1) is 5.82 Å². The molecule has 0 radical (unpaired) electrons. The fourth-order valence-electron chi connectivity index (χ4n) is 4.80. The first-order valence-electron chi connectivity index (χ1n) is 12.2. The van der Waals surface area contributed by atoms with Crippen LogP contribution >= 0.6 is 11.8 Å². The SMILES string of the molecule is COc1ccc2ncc(F)c([C@H](O)C[C@@H]3CC[C@@H](NC(=O)c4ccc5c(n4)NC(=O)CS5)[C@@H](CO)O3)c2c1. The highest BCUT2D eigenvalue weighted by atomic mass is 32.2. The van der Waals surface area contributed by atoms with Crippen LogP contribution in [0.15, 0.2) is 41.4 Å². The highest BCUT2D eigenvalue weighted by Gasteiger charge is 2.34. The Morgan fingerprint density at radius 3 is 2.97 bits per heavy atom. The standard InChI is InChI=1S/C26H27FN4O6S/c1-36-13-2-4-17-15(8-13)24(16(27)10-28-17)20(33)9-14-3-5-18(21(11-32)37-14)30-26(35)19-6-7-22-25(29-19)31-23(34)12-38-22/h2,4,6-8,10,14,18,20-21,32-33H,3,5,9,11-12H2,1H3,(H,30,35)(H,29,31,34)/t14-,18+,20+,21+/m0/s1. The number of nitrogens with zero attached hydrogens (tertiary/aromatic N) is 2. The smallest absolute Gasteiger partial charge is 0.270 e. The predicted octanol–water partition coefficient (Wildman–Crippen LogP) is 2.58. The van der Waals surface area contributed by atoms with Crippen molar-refractivity contribution < 1.29 is 33.7 Å². The molecule has 2 aliphatic heterocycles. The van der Waals surface area contributed by atoms with Crippen molar-refractivity contribution in [3.8, 4) is 5.75 Å². The molecule has 12 heteroatoms. The third-order valence-corrected chi connectivity index (χ3v) is 7.75. The van der Waals surface area contributed by atoms with Gasteiger partial charge in [0.2, 0.25) is 5.91 Å². The van der Waals surface area contributed by atoms with Gasteiger partial charge in [-0.1, -0.05) is 0 Å². The molecular weight excluding hydrogens is 515 g/mol. The number of nitrogens with one attached hydrogen (secondary N) is 2. The number of fused-ring (bicyclic) bond motifs is 2. The molecule has 4 atom stereocenters. The maximum atomic E-state index is 14.8. The lowest BCUT2D eigenvalue weighted by atomic mass is 9.92. The fraction of sp³-hybridized carbons (Fsp3) is 0.385. The predicted molar refractivity (Wildman–Crippen MR) is 138 cm³/mol. The van der Waals surface area contributed by atoms with Crippen LogP contribution in [0.25, 0.3) is 10.9 Å². The van der Waals surface area contributed by atoms with Crippen molar-refractivity contribution in [1.82, 2.24) is 15.3 Å². The topological polar surface area (TPSA) is 143 Å². The molecule has 38 heavy (non-hydrogen) atoms. The van der Waals surface area contributed by atoms with Crippen LogP contribution in [0.4, 0.5) is 10.2 Å². The number of benzene rings is 1. The van der Waals surface area contributed by atoms with E-state index in [1.54, 1.807) is 30.3 Å². The molecule has 10 nitrogen and oxygen atoms in total. The number of halogens is 1. The molecule has 0 spiro atoms. The third-order valence-electron chi connectivity index (χ3n) is 6.71. The zero-order chi connectivity index (χ0) is 26.8. The Bertz CT molecular complexity index is 1380. The number of thioether (sulfide) groups is 1. The number of aromatic nitrogens is 2. The van der Waals surface area contributed by atoms with Crippen LogP contribution in [0.5, 0.6) is 5.75 Å². The molecule has 0 aliphatic carbocycles. The number of aliphatic hydroxyl groups excluding tert-OH is 2. The van der Waals surface area contributed by atoms with Crippen molar-refractivity contribution in [3.05, 3.63) is 53.6 Å². The summed E-state index contributed by atoms with van der Waals surface area (Å²) in [7, 11) is 1.50. The summed E-state index contributed by atoms with van der Waals surface area (Å²) in [5.74, 6) is -0.111. The quantitative estimate of drug-likeness (QED) is 0.354. The molecule has 1 aromatic carbocycles. The molecule has 0 bridgehead atoms. The summed E-state index contributed by atoms with van der Waals surface area (Å²) in [5.41, 5.74) is 0.768. The number of aliphatic hydroxyl groups is 2. The fourth-order valence-corrected chi connectivity index (χ4v) is 5.56. The van der Waals surface area contributed by atoms with Crippen LogP contribution in [0.1, 0.15) is 41.4 Å². The molecule has 1 fully saturated rings. The number of pyridine rings is 2. The minimum absolute atomic E-state index is 0.0914. The van der Waals surface area contributed by atoms with E-state index in [1.165, 1.54) is 18.9 Å². The Kier molecular flexibility index (Phi) is 7.75. The Morgan fingerprint density at radius 1 is 1.34 bits per heavy atom. The van der Waals surface area contributed by atoms with Crippen molar-refractivity contribution >= 4 is 40.3 Å². The number of rotatable bonds is 7. The Hall–Kier alpha value is -3.32. The lowest BCUT2D eigenvalue weighted by Gasteiger charge is -2.37. The maximum Gasteiger partial charge on any atom is 0.270 e. The molecule has 2 amide bonds. The van der Waals surface area contributed by atoms with E-state index in [1.807, 2.05) is 0 Å². The number of amides is 2. The summed E-state index contributed by atoms with van der Waals surface area (Å²) in [6.45, 7) is -0.356. The Balaban J connectivity index is 1.25. The third kappa shape index (κ3) is 5.44. The van der Waals surface area contributed by atoms with Gasteiger partial charge >= 0.3 is 0 Å². The summed E-state index contributed by atoms with van der Waals surface area (Å²) >= 11 is 1.35. The summed E-state index contributed by atoms with van der Waals surface area (Å²) in [5, 5.41) is 26.9. The van der Waals surface area contributed by atoms with Crippen molar-refractivity contribution in [2.75, 3.05) is 24.8 Å². The molecule has 4 heterocycles. The van der Waals surface area contributed by atoms with E-state index >= 15 is 0 Å². The maximum absolute atomic E-state index is 14.8. The molecule has 0 saturated carbocycles. The van der Waals surface area contributed by atoms with E-state index in [0.717, 1.165) is 11.1 Å². The van der Waals surface area contributed by atoms with Crippen molar-refractivity contribution in [2.24, 2.45) is 0 Å². The summed E-state index contributed by atoms with van der Waals surface area (Å²) in [6.07, 6.45) is -0.273. The zero-order valence-corrected chi connectivity index (χ0v) is 21.3. The number of methoxy groups -OCH3 is 1. The summed E-state index contributed by atoms with van der Waals surface area (Å²) in [6, 6.07) is 7.86. The first-order chi connectivity index (χ1) is 18.4. The van der Waals surface area contributed by atoms with E-state index in [0.29, 0.717) is 41.1 Å². The van der Waals surface area contributed by atoms with E-state index < -0.39 is 36.1 Å². The normalized spacial score (nSPS) is 21.9. The Morgan fingerprint density at radius 2 is 2.18 bits per heavy atom. The molecule has 2 aliphatic rings. The van der Waals surface area contributed by atoms with Crippen LogP contribution in [-0.2, 0) is 9.53 Å². The average Bonchev–Trinajstić information content (AvgIpc) is 2.92. The number of ether oxygens (including phenoxy) is 2. The van der Waals surface area contributed by atoms with Crippen molar-refractivity contribution in [2.45, 2.75) is 48.5 Å². The lowest BCUT2D eigenvalue weighted by Crippen LogP contribution is -2.51. The molecule has 3 aromatic rings. The molecule has 4 N–H and O–H groups in total. The van der Waals surface area contributed by atoms with Crippen molar-refractivity contribution in [1.29, 1.82) is 0 Å². The monoisotopic (exact) mass is 542 g/mol. The molecule has 1 saturated heterocycles. The van der Waals surface area contributed by atoms with Gasteiger partial charge in [0.25, 0.3) is 5.91 Å². The van der Waals surface area contributed by atoms with E-state index in [-0.39, 0.29) is 30.2 Å². The number of carbonyl (C=O) groups excluding carboxylic acids is 2. The minimum atomic E-state index is -1.18. The van der Waals surface area contributed by atoms with Gasteiger partial charge in [-0.15, -0.1) is 11.8 Å². The van der Waals surface area contributed by atoms with E-state index in [9.17, 15) is 24.2 Å². The lowest BCUT2D eigenvalue weighted by molar-refractivity contribution is -0.113. The molecular formula is C26H27FN4O6S. The van der Waals surface area contributed by atoms with Crippen LogP contribution in [-0.4, -0.2) is 69.7 Å². The Labute approximate surface area is 222 Å². The average molecular weight is 543 g/mol. The largest absolute Gasteiger partial charge is 0.497 e. The number of anilines is 1. The second-order valence-electron chi connectivity index (χ2n) is 9.17.